The van der Waals surface area contributed by atoms with Gasteiger partial charge in [-0.15, -0.1) is 0 Å². The quantitative estimate of drug-likeness (QED) is 0.0960. The number of nitrogens with one attached hydrogen (secondary N) is 1. The molecule has 1 aromatic carbocycles. The van der Waals surface area contributed by atoms with Crippen molar-refractivity contribution in [2.45, 2.75) is 160 Å². The maximum Gasteiger partial charge on any atom is 0.327 e. The van der Waals surface area contributed by atoms with E-state index in [0.717, 1.165) is 49.7 Å². The van der Waals surface area contributed by atoms with Crippen LogP contribution in [-0.2, 0) is 49.5 Å². The molecular formula is C40H60N2O11. The third-order valence-electron chi connectivity index (χ3n) is 10.6. The van der Waals surface area contributed by atoms with Crippen molar-refractivity contribution in [1.82, 2.24) is 10.4 Å². The number of aliphatic hydroxyl groups is 2. The van der Waals surface area contributed by atoms with E-state index >= 15 is 0 Å². The van der Waals surface area contributed by atoms with Crippen molar-refractivity contribution in [3.8, 4) is 0 Å². The highest BCUT2D eigenvalue weighted by Gasteiger charge is 2.76. The van der Waals surface area contributed by atoms with E-state index < -0.39 is 77.8 Å². The molecule has 296 valence electrons. The van der Waals surface area contributed by atoms with Gasteiger partial charge in [-0.1, -0.05) is 63.8 Å². The van der Waals surface area contributed by atoms with Gasteiger partial charge in [0.2, 0.25) is 5.91 Å². The van der Waals surface area contributed by atoms with Crippen LogP contribution < -0.4 is 5.32 Å². The van der Waals surface area contributed by atoms with E-state index in [1.54, 1.807) is 31.9 Å². The Kier molecular flexibility index (Phi) is 14.0. The first-order valence-electron chi connectivity index (χ1n) is 19.5. The third-order valence-corrected chi connectivity index (χ3v) is 10.6. The van der Waals surface area contributed by atoms with Crippen LogP contribution in [-0.4, -0.2) is 101 Å². The number of esters is 2. The molecule has 1 aliphatic carbocycles. The maximum absolute atomic E-state index is 14.8. The molecule has 1 saturated carbocycles. The van der Waals surface area contributed by atoms with Crippen LogP contribution in [0.3, 0.4) is 0 Å². The molecule has 1 amide bonds. The van der Waals surface area contributed by atoms with Crippen LogP contribution in [0.4, 0.5) is 0 Å². The van der Waals surface area contributed by atoms with Gasteiger partial charge in [0.05, 0.1) is 32.1 Å². The first-order valence-corrected chi connectivity index (χ1v) is 19.5. The summed E-state index contributed by atoms with van der Waals surface area (Å²) in [5, 5.41) is 24.0. The first kappa shape index (κ1) is 41.1. The Morgan fingerprint density at radius 1 is 1.06 bits per heavy atom. The Bertz CT molecular complexity index is 1420. The van der Waals surface area contributed by atoms with Crippen LogP contribution in [0.1, 0.15) is 116 Å². The molecule has 4 fully saturated rings. The largest absolute Gasteiger partial charge is 0.499 e. The second kappa shape index (κ2) is 18.0. The van der Waals surface area contributed by atoms with Gasteiger partial charge in [-0.25, -0.2) is 0 Å². The number of hydroxylamine groups is 2. The number of nitrogens with zero attached hydrogens (tertiary/aromatic N) is 1. The Hall–Kier alpha value is -3.07. The zero-order valence-corrected chi connectivity index (χ0v) is 32.1. The van der Waals surface area contributed by atoms with Gasteiger partial charge < -0.3 is 39.2 Å². The SMILES string of the molecule is CCCCCC1(CCCCC)O[C@@H]2[C@H]3ON(Cc4ccccc4C=COCCO)[C@H]4C(=O)OC(CC34C(=O)N[C@H](CO)CCC(=O)OC(C)(C)C)[C@@H]2O1. The molecule has 13 heteroatoms. The predicted octanol–water partition coefficient (Wildman–Crippen LogP) is 4.71. The molecule has 13 nitrogen and oxygen atoms in total. The number of carbonyl (C=O) groups excluding carboxylic acids is 3. The summed E-state index contributed by atoms with van der Waals surface area (Å²) in [5.41, 5.74) is -0.505. The van der Waals surface area contributed by atoms with Gasteiger partial charge in [0.1, 0.15) is 42.0 Å². The summed E-state index contributed by atoms with van der Waals surface area (Å²) in [7, 11) is 0. The molecule has 3 saturated heterocycles. The Balaban J connectivity index is 1.48. The number of unbranched alkanes of at least 4 members (excludes halogenated alkanes) is 4. The van der Waals surface area contributed by atoms with Gasteiger partial charge in [0, 0.05) is 25.7 Å². The van der Waals surface area contributed by atoms with Crippen molar-refractivity contribution in [3.63, 3.8) is 0 Å². The first-order chi connectivity index (χ1) is 25.4. The Labute approximate surface area is 313 Å². The average molecular weight is 745 g/mol. The van der Waals surface area contributed by atoms with Crippen LogP contribution in [0, 0.1) is 5.41 Å². The van der Waals surface area contributed by atoms with E-state index in [0.29, 0.717) is 12.8 Å². The van der Waals surface area contributed by atoms with E-state index in [2.05, 4.69) is 19.2 Å². The number of benzene rings is 1. The highest BCUT2D eigenvalue weighted by Crippen LogP contribution is 2.58. The van der Waals surface area contributed by atoms with Gasteiger partial charge in [0.15, 0.2) is 11.8 Å². The Morgan fingerprint density at radius 3 is 2.42 bits per heavy atom. The van der Waals surface area contributed by atoms with Gasteiger partial charge in [-0.2, -0.15) is 5.06 Å². The van der Waals surface area contributed by atoms with Crippen LogP contribution in [0.5, 0.6) is 0 Å². The fourth-order valence-electron chi connectivity index (χ4n) is 8.16. The lowest BCUT2D eigenvalue weighted by Gasteiger charge is -2.49. The van der Waals surface area contributed by atoms with Crippen molar-refractivity contribution in [2.24, 2.45) is 5.41 Å². The number of ether oxygens (including phenoxy) is 5. The molecule has 0 radical (unpaired) electrons. The molecule has 1 aromatic rings. The monoisotopic (exact) mass is 744 g/mol. The minimum Gasteiger partial charge on any atom is -0.499 e. The second-order valence-corrected chi connectivity index (χ2v) is 15.8. The Morgan fingerprint density at radius 2 is 1.75 bits per heavy atom. The number of hydrogen-bond donors (Lipinski definition) is 3. The number of hydrogen-bond acceptors (Lipinski definition) is 12. The molecule has 0 aromatic heterocycles. The number of fused-ring (bicyclic) bond motifs is 4. The molecule has 0 spiro atoms. The van der Waals surface area contributed by atoms with E-state index in [9.17, 15) is 19.5 Å². The molecule has 2 unspecified atom stereocenters. The fraction of sp³-hybridized carbons (Fsp3) is 0.725. The number of aliphatic hydroxyl groups excluding tert-OH is 2. The van der Waals surface area contributed by atoms with Crippen molar-refractivity contribution in [3.05, 3.63) is 41.7 Å². The lowest BCUT2D eigenvalue weighted by atomic mass is 9.62. The summed E-state index contributed by atoms with van der Waals surface area (Å²) in [4.78, 5) is 48.3. The molecule has 3 aliphatic heterocycles. The summed E-state index contributed by atoms with van der Waals surface area (Å²) in [5.74, 6) is -2.40. The lowest BCUT2D eigenvalue weighted by molar-refractivity contribution is -0.224. The topological polar surface area (TPSA) is 162 Å². The maximum atomic E-state index is 14.8. The van der Waals surface area contributed by atoms with Crippen molar-refractivity contribution < 1.29 is 53.1 Å². The third kappa shape index (κ3) is 9.42. The van der Waals surface area contributed by atoms with Crippen LogP contribution in [0.2, 0.25) is 0 Å². The zero-order chi connectivity index (χ0) is 38.2. The normalized spacial score (nSPS) is 28.1. The average Bonchev–Trinajstić information content (AvgIpc) is 3.67. The number of amides is 1. The van der Waals surface area contributed by atoms with E-state index in [4.69, 9.17) is 33.6 Å². The van der Waals surface area contributed by atoms with Gasteiger partial charge in [-0.3, -0.25) is 19.2 Å². The number of rotatable bonds is 20. The highest BCUT2D eigenvalue weighted by molar-refractivity contribution is 5.93. The van der Waals surface area contributed by atoms with Crippen LogP contribution in [0.25, 0.3) is 6.08 Å². The van der Waals surface area contributed by atoms with Crippen LogP contribution in [0.15, 0.2) is 30.5 Å². The molecule has 7 atom stereocenters. The summed E-state index contributed by atoms with van der Waals surface area (Å²) in [6.07, 6.45) is 7.82. The molecule has 5 rings (SSSR count). The van der Waals surface area contributed by atoms with Crippen molar-refractivity contribution in [1.29, 1.82) is 0 Å². The smallest absolute Gasteiger partial charge is 0.327 e. The van der Waals surface area contributed by atoms with Gasteiger partial charge in [-0.05, 0) is 57.2 Å². The summed E-state index contributed by atoms with van der Waals surface area (Å²) in [6.45, 7) is 9.39. The molecule has 3 N–H and O–H groups in total. The van der Waals surface area contributed by atoms with Crippen molar-refractivity contribution in [2.75, 3.05) is 19.8 Å². The summed E-state index contributed by atoms with van der Waals surface area (Å²) in [6, 6.07) is 5.66. The van der Waals surface area contributed by atoms with Crippen LogP contribution >= 0.6 is 0 Å². The van der Waals surface area contributed by atoms with E-state index in [-0.39, 0.29) is 39.0 Å². The van der Waals surface area contributed by atoms with Crippen molar-refractivity contribution >= 4 is 23.9 Å². The number of carbonyl (C=O) groups is 3. The summed E-state index contributed by atoms with van der Waals surface area (Å²) < 4.78 is 30.8. The standard InChI is InChI=1S/C40H60N2O11/c1-6-8-12-19-39(20-13-9-7-2)51-32-30-24-40(37(47)41-29(26-44)16-17-31(45)50-38(3,4)5)34(36(46)49-30)42(53-35(40)33(32)52-39)25-28-15-11-10-14-27(28)18-22-48-23-21-43/h10-11,14-15,18,22,29-30,32-35,43-44H,6-9,12-13,16-17,19-21,23-26H2,1-5H3,(H,41,47)/t29-,30?,32-,33-,34-,35+,40?/m0/s1. The molecule has 53 heavy (non-hydrogen) atoms. The predicted molar refractivity (Wildman–Crippen MR) is 195 cm³/mol. The molecule has 3 heterocycles. The molecule has 4 aliphatic rings. The lowest BCUT2D eigenvalue weighted by Crippen LogP contribution is -2.70. The van der Waals surface area contributed by atoms with E-state index in [1.807, 2.05) is 24.3 Å². The van der Waals surface area contributed by atoms with Gasteiger partial charge in [0.25, 0.3) is 0 Å². The summed E-state index contributed by atoms with van der Waals surface area (Å²) >= 11 is 0. The zero-order valence-electron chi connectivity index (χ0n) is 32.1. The van der Waals surface area contributed by atoms with Gasteiger partial charge >= 0.3 is 11.9 Å². The van der Waals surface area contributed by atoms with E-state index in [1.165, 1.54) is 6.26 Å². The minimum atomic E-state index is -1.44. The minimum absolute atomic E-state index is 0.0120. The molecular weight excluding hydrogens is 684 g/mol. The second-order valence-electron chi connectivity index (χ2n) is 15.8. The fourth-order valence-corrected chi connectivity index (χ4v) is 8.16. The molecule has 2 bridgehead atoms. The highest BCUT2D eigenvalue weighted by atomic mass is 16.8.